The SMILES string of the molecule is CCOc1cc([C@H]2NC(=O)NC(C)=C2C(=O)OC)ccc1OC[C@@H](O)N/N=C/c1cc(C)n(-c2ccc(OCc3cccc(F)c3)cc2)c1C. The van der Waals surface area contributed by atoms with Crippen LogP contribution in [0, 0.1) is 19.7 Å². The van der Waals surface area contributed by atoms with Crippen LogP contribution in [0.25, 0.3) is 5.69 Å². The van der Waals surface area contributed by atoms with Crippen molar-refractivity contribution in [2.45, 2.75) is 46.6 Å². The van der Waals surface area contributed by atoms with Gasteiger partial charge in [-0.15, -0.1) is 0 Å². The van der Waals surface area contributed by atoms with Crippen LogP contribution in [0.5, 0.6) is 17.2 Å². The quantitative estimate of drug-likeness (QED) is 0.0604. The molecule has 0 aliphatic carbocycles. The van der Waals surface area contributed by atoms with Gasteiger partial charge in [0.05, 0.1) is 31.5 Å². The number of nitrogens with zero attached hydrogens (tertiary/aromatic N) is 2. The number of urea groups is 1. The molecular formula is C37H40FN5O7. The normalized spacial score (nSPS) is 14.9. The zero-order valence-electron chi connectivity index (χ0n) is 28.5. The predicted octanol–water partition coefficient (Wildman–Crippen LogP) is 5.33. The second-order valence-corrected chi connectivity index (χ2v) is 11.5. The minimum Gasteiger partial charge on any atom is -0.490 e. The summed E-state index contributed by atoms with van der Waals surface area (Å²) in [6.07, 6.45) is 0.477. The Bertz CT molecular complexity index is 1900. The fraction of sp³-hybridized carbons (Fsp3) is 0.270. The third kappa shape index (κ3) is 8.42. The Hall–Kier alpha value is -5.82. The number of benzene rings is 3. The van der Waals surface area contributed by atoms with Gasteiger partial charge in [0.2, 0.25) is 0 Å². The van der Waals surface area contributed by atoms with Crippen LogP contribution in [-0.4, -0.2) is 54.4 Å². The van der Waals surface area contributed by atoms with E-state index in [1.807, 2.05) is 57.2 Å². The number of ether oxygens (including phenoxy) is 4. The molecule has 50 heavy (non-hydrogen) atoms. The number of carbonyl (C=O) groups excluding carboxylic acids is 2. The van der Waals surface area contributed by atoms with E-state index in [0.29, 0.717) is 35.1 Å². The Kier molecular flexibility index (Phi) is 11.4. The number of methoxy groups -OCH3 is 1. The lowest BCUT2D eigenvalue weighted by molar-refractivity contribution is -0.136. The van der Waals surface area contributed by atoms with Crippen LogP contribution in [0.1, 0.15) is 48.0 Å². The first kappa shape index (κ1) is 35.5. The number of hydrogen-bond acceptors (Lipinski definition) is 9. The fourth-order valence-electron chi connectivity index (χ4n) is 5.62. The summed E-state index contributed by atoms with van der Waals surface area (Å²) in [4.78, 5) is 24.7. The Morgan fingerprint density at radius 1 is 1.04 bits per heavy atom. The van der Waals surface area contributed by atoms with Crippen molar-refractivity contribution >= 4 is 18.2 Å². The lowest BCUT2D eigenvalue weighted by Crippen LogP contribution is -2.45. The molecule has 0 spiro atoms. The highest BCUT2D eigenvalue weighted by molar-refractivity contribution is 5.95. The van der Waals surface area contributed by atoms with Gasteiger partial charge in [-0.2, -0.15) is 5.10 Å². The Balaban J connectivity index is 1.19. The topological polar surface area (TPSA) is 145 Å². The maximum atomic E-state index is 13.5. The molecule has 4 aromatic rings. The van der Waals surface area contributed by atoms with Crippen LogP contribution >= 0.6 is 0 Å². The van der Waals surface area contributed by atoms with Gasteiger partial charge in [0.1, 0.15) is 24.8 Å². The number of hydrazone groups is 1. The van der Waals surface area contributed by atoms with Gasteiger partial charge in [-0.3, -0.25) is 5.43 Å². The highest BCUT2D eigenvalue weighted by Crippen LogP contribution is 2.35. The van der Waals surface area contributed by atoms with Crippen molar-refractivity contribution in [2.75, 3.05) is 20.3 Å². The van der Waals surface area contributed by atoms with Crippen molar-refractivity contribution in [1.29, 1.82) is 0 Å². The smallest absolute Gasteiger partial charge is 0.337 e. The maximum absolute atomic E-state index is 13.5. The van der Waals surface area contributed by atoms with E-state index in [2.05, 4.69) is 25.7 Å². The summed E-state index contributed by atoms with van der Waals surface area (Å²) in [7, 11) is 1.27. The number of amides is 2. The molecule has 2 amide bonds. The maximum Gasteiger partial charge on any atom is 0.337 e. The zero-order chi connectivity index (χ0) is 35.8. The fourth-order valence-corrected chi connectivity index (χ4v) is 5.62. The van der Waals surface area contributed by atoms with Crippen molar-refractivity contribution in [3.05, 3.63) is 118 Å². The van der Waals surface area contributed by atoms with Crippen LogP contribution in [0.2, 0.25) is 0 Å². The molecule has 0 unspecified atom stereocenters. The monoisotopic (exact) mass is 685 g/mol. The van der Waals surface area contributed by atoms with E-state index in [9.17, 15) is 19.1 Å². The van der Waals surface area contributed by atoms with E-state index in [1.54, 1.807) is 37.4 Å². The summed E-state index contributed by atoms with van der Waals surface area (Å²) in [6.45, 7) is 7.84. The van der Waals surface area contributed by atoms with Crippen LogP contribution in [0.15, 0.2) is 89.2 Å². The number of nitrogens with one attached hydrogen (secondary N) is 3. The highest BCUT2D eigenvalue weighted by Gasteiger charge is 2.32. The molecule has 0 saturated heterocycles. The molecule has 5 rings (SSSR count). The van der Waals surface area contributed by atoms with Crippen molar-refractivity contribution in [3.8, 4) is 22.9 Å². The largest absolute Gasteiger partial charge is 0.490 e. The van der Waals surface area contributed by atoms with Gasteiger partial charge in [0, 0.05) is 28.3 Å². The molecule has 0 fully saturated rings. The second-order valence-electron chi connectivity index (χ2n) is 11.5. The number of carbonyl (C=O) groups is 2. The van der Waals surface area contributed by atoms with Crippen LogP contribution < -0.4 is 30.3 Å². The molecular weight excluding hydrogens is 645 g/mol. The molecule has 12 nitrogen and oxygen atoms in total. The Labute approximate surface area is 289 Å². The zero-order valence-corrected chi connectivity index (χ0v) is 28.5. The van der Waals surface area contributed by atoms with Crippen molar-refractivity contribution in [2.24, 2.45) is 5.10 Å². The van der Waals surface area contributed by atoms with E-state index in [4.69, 9.17) is 18.9 Å². The third-order valence-electron chi connectivity index (χ3n) is 7.96. The number of aliphatic hydroxyl groups is 1. The molecule has 3 aromatic carbocycles. The van der Waals surface area contributed by atoms with Crippen molar-refractivity contribution in [1.82, 2.24) is 20.6 Å². The number of aryl methyl sites for hydroxylation is 1. The van der Waals surface area contributed by atoms with Crippen molar-refractivity contribution in [3.63, 3.8) is 0 Å². The Morgan fingerprint density at radius 3 is 2.54 bits per heavy atom. The minimum atomic E-state index is -1.15. The molecule has 2 heterocycles. The van der Waals surface area contributed by atoms with Gasteiger partial charge in [0.25, 0.3) is 0 Å². The number of aromatic nitrogens is 1. The van der Waals surface area contributed by atoms with Gasteiger partial charge in [-0.1, -0.05) is 18.2 Å². The average molecular weight is 686 g/mol. The average Bonchev–Trinajstić information content (AvgIpc) is 3.38. The summed E-state index contributed by atoms with van der Waals surface area (Å²) in [5, 5.41) is 20.1. The number of esters is 1. The lowest BCUT2D eigenvalue weighted by atomic mass is 9.95. The standard InChI is InChI=1S/C37H40FN5O7/c1-6-48-32-18-26(35-34(36(45)47-5)23(3)40-37(46)41-35)10-15-31(32)50-21-33(44)42-39-19-27-16-22(2)43(24(27)4)29-11-13-30(14-12-29)49-20-25-8-7-9-28(38)17-25/h7-19,33,35,42,44H,6,20-21H2,1-5H3,(H2,40,41,46)/b39-19+/t33-,35-/m1/s1. The first-order valence-electron chi connectivity index (χ1n) is 16.0. The summed E-state index contributed by atoms with van der Waals surface area (Å²) in [5.74, 6) is 0.522. The van der Waals surface area contributed by atoms with E-state index in [1.165, 1.54) is 19.2 Å². The first-order valence-corrected chi connectivity index (χ1v) is 16.0. The highest BCUT2D eigenvalue weighted by atomic mass is 19.1. The summed E-state index contributed by atoms with van der Waals surface area (Å²) in [5.41, 5.74) is 8.39. The van der Waals surface area contributed by atoms with E-state index < -0.39 is 24.3 Å². The van der Waals surface area contributed by atoms with Crippen LogP contribution in [-0.2, 0) is 16.1 Å². The molecule has 0 bridgehead atoms. The van der Waals surface area contributed by atoms with Gasteiger partial charge >= 0.3 is 12.0 Å². The summed E-state index contributed by atoms with van der Waals surface area (Å²) < 4.78 is 37.9. The molecule has 2 atom stereocenters. The van der Waals surface area contributed by atoms with E-state index >= 15 is 0 Å². The molecule has 1 aromatic heterocycles. The third-order valence-corrected chi connectivity index (χ3v) is 7.96. The first-order chi connectivity index (χ1) is 24.1. The van der Waals surface area contributed by atoms with Gasteiger partial charge in [-0.05, 0) is 93.4 Å². The number of aliphatic hydroxyl groups excluding tert-OH is 1. The molecule has 13 heteroatoms. The molecule has 1 aliphatic heterocycles. The Morgan fingerprint density at radius 2 is 1.82 bits per heavy atom. The molecule has 1 aliphatic rings. The number of halogens is 1. The molecule has 0 saturated carbocycles. The molecule has 262 valence electrons. The number of hydrogen-bond donors (Lipinski definition) is 4. The second kappa shape index (κ2) is 16.1. The molecule has 4 N–H and O–H groups in total. The van der Waals surface area contributed by atoms with Gasteiger partial charge in [-0.25, -0.2) is 14.0 Å². The van der Waals surface area contributed by atoms with Crippen LogP contribution in [0.3, 0.4) is 0 Å². The number of rotatable bonds is 14. The number of allylic oxidation sites excluding steroid dienone is 1. The van der Waals surface area contributed by atoms with E-state index in [-0.39, 0.29) is 24.6 Å². The van der Waals surface area contributed by atoms with Gasteiger partial charge < -0.3 is 39.3 Å². The predicted molar refractivity (Wildman–Crippen MR) is 185 cm³/mol. The van der Waals surface area contributed by atoms with E-state index in [0.717, 1.165) is 28.2 Å². The molecule has 0 radical (unpaired) electrons. The lowest BCUT2D eigenvalue weighted by Gasteiger charge is -2.28. The van der Waals surface area contributed by atoms with Crippen LogP contribution in [0.4, 0.5) is 9.18 Å². The summed E-state index contributed by atoms with van der Waals surface area (Å²) >= 11 is 0. The van der Waals surface area contributed by atoms with Gasteiger partial charge in [0.15, 0.2) is 17.7 Å². The minimum absolute atomic E-state index is 0.153. The van der Waals surface area contributed by atoms with Crippen molar-refractivity contribution < 1.29 is 38.0 Å². The summed E-state index contributed by atoms with van der Waals surface area (Å²) in [6, 6.07) is 19.7.